The number of benzene rings is 1. The molecule has 0 aromatic heterocycles. The quantitative estimate of drug-likeness (QED) is 0.704. The van der Waals surface area contributed by atoms with Crippen molar-refractivity contribution in [2.75, 3.05) is 5.32 Å². The first-order valence-corrected chi connectivity index (χ1v) is 8.59. The summed E-state index contributed by atoms with van der Waals surface area (Å²) in [5, 5.41) is 2.65. The summed E-state index contributed by atoms with van der Waals surface area (Å²) in [4.78, 5) is 12.0. The van der Waals surface area contributed by atoms with E-state index in [2.05, 4.69) is 10.0 Å². The summed E-state index contributed by atoms with van der Waals surface area (Å²) >= 11 is 0. The molecular formula is C14H21N3O3S. The fourth-order valence-corrected chi connectivity index (χ4v) is 3.26. The summed E-state index contributed by atoms with van der Waals surface area (Å²) in [7, 11) is -3.52. The molecule has 0 radical (unpaired) electrons. The highest BCUT2D eigenvalue weighted by molar-refractivity contribution is 7.89. The monoisotopic (exact) mass is 311 g/mol. The number of anilines is 1. The van der Waals surface area contributed by atoms with Gasteiger partial charge in [0.15, 0.2) is 0 Å². The molecule has 116 valence electrons. The van der Waals surface area contributed by atoms with Crippen LogP contribution < -0.4 is 15.8 Å². The Morgan fingerprint density at radius 2 is 2.14 bits per heavy atom. The van der Waals surface area contributed by atoms with Gasteiger partial charge in [-0.05, 0) is 37.5 Å². The van der Waals surface area contributed by atoms with Crippen LogP contribution in [0.15, 0.2) is 29.2 Å². The van der Waals surface area contributed by atoms with Crippen LogP contribution in [0.25, 0.3) is 0 Å². The SMILES string of the molecule is CCC[C@H](N)C(=O)Nc1cccc(S(=O)(=O)NC2CC2)c1. The second-order valence-electron chi connectivity index (χ2n) is 5.31. The van der Waals surface area contributed by atoms with Crippen molar-refractivity contribution in [3.05, 3.63) is 24.3 Å². The molecule has 0 unspecified atom stereocenters. The van der Waals surface area contributed by atoms with Crippen LogP contribution in [-0.2, 0) is 14.8 Å². The highest BCUT2D eigenvalue weighted by Gasteiger charge is 2.28. The molecule has 4 N–H and O–H groups in total. The number of nitrogens with two attached hydrogens (primary N) is 1. The number of carbonyl (C=O) groups excluding carboxylic acids is 1. The normalized spacial score (nSPS) is 16.5. The Labute approximate surface area is 125 Å². The van der Waals surface area contributed by atoms with Crippen molar-refractivity contribution in [3.63, 3.8) is 0 Å². The Morgan fingerprint density at radius 3 is 2.76 bits per heavy atom. The van der Waals surface area contributed by atoms with Crippen molar-refractivity contribution >= 4 is 21.6 Å². The molecule has 0 heterocycles. The van der Waals surface area contributed by atoms with Gasteiger partial charge in [0, 0.05) is 11.7 Å². The summed E-state index contributed by atoms with van der Waals surface area (Å²) in [5.41, 5.74) is 6.17. The molecule has 1 aliphatic carbocycles. The van der Waals surface area contributed by atoms with Crippen LogP contribution in [0.2, 0.25) is 0 Å². The molecule has 1 fully saturated rings. The van der Waals surface area contributed by atoms with Gasteiger partial charge in [-0.1, -0.05) is 19.4 Å². The molecule has 0 aliphatic heterocycles. The molecule has 0 spiro atoms. The van der Waals surface area contributed by atoms with Gasteiger partial charge in [0.2, 0.25) is 15.9 Å². The van der Waals surface area contributed by atoms with Gasteiger partial charge in [0.05, 0.1) is 10.9 Å². The first-order valence-electron chi connectivity index (χ1n) is 7.11. The minimum Gasteiger partial charge on any atom is -0.325 e. The molecule has 1 amide bonds. The highest BCUT2D eigenvalue weighted by atomic mass is 32.2. The summed E-state index contributed by atoms with van der Waals surface area (Å²) in [6.07, 6.45) is 3.16. The zero-order valence-electron chi connectivity index (χ0n) is 12.0. The number of rotatable bonds is 7. The summed E-state index contributed by atoms with van der Waals surface area (Å²) in [5.74, 6) is -0.304. The van der Waals surface area contributed by atoms with Crippen molar-refractivity contribution in [2.45, 2.75) is 49.6 Å². The van der Waals surface area contributed by atoms with Gasteiger partial charge < -0.3 is 11.1 Å². The average Bonchev–Trinajstić information content (AvgIpc) is 3.22. The van der Waals surface area contributed by atoms with Crippen molar-refractivity contribution in [2.24, 2.45) is 5.73 Å². The van der Waals surface area contributed by atoms with Crippen molar-refractivity contribution in [3.8, 4) is 0 Å². The van der Waals surface area contributed by atoms with E-state index in [0.717, 1.165) is 19.3 Å². The Balaban J connectivity index is 2.08. The number of hydrogen-bond acceptors (Lipinski definition) is 4. The molecule has 1 aromatic carbocycles. The maximum atomic E-state index is 12.1. The molecule has 21 heavy (non-hydrogen) atoms. The van der Waals surface area contributed by atoms with Crippen molar-refractivity contribution in [1.82, 2.24) is 4.72 Å². The van der Waals surface area contributed by atoms with Crippen LogP contribution >= 0.6 is 0 Å². The number of hydrogen-bond donors (Lipinski definition) is 3. The van der Waals surface area contributed by atoms with Gasteiger partial charge >= 0.3 is 0 Å². The molecule has 6 nitrogen and oxygen atoms in total. The van der Waals surface area contributed by atoms with Gasteiger partial charge in [-0.2, -0.15) is 0 Å². The number of carbonyl (C=O) groups is 1. The minimum absolute atomic E-state index is 0.0474. The van der Waals surface area contributed by atoms with Gasteiger partial charge in [-0.3, -0.25) is 4.79 Å². The molecular weight excluding hydrogens is 290 g/mol. The smallest absolute Gasteiger partial charge is 0.241 e. The summed E-state index contributed by atoms with van der Waals surface area (Å²) in [6.45, 7) is 1.95. The van der Waals surface area contributed by atoms with E-state index in [1.807, 2.05) is 6.92 Å². The van der Waals surface area contributed by atoms with Crippen LogP contribution in [-0.4, -0.2) is 26.4 Å². The fraction of sp³-hybridized carbons (Fsp3) is 0.500. The molecule has 0 saturated heterocycles. The predicted octanol–water partition coefficient (Wildman–Crippen LogP) is 1.19. The van der Waals surface area contributed by atoms with Crippen LogP contribution in [0.3, 0.4) is 0 Å². The third-order valence-corrected chi connectivity index (χ3v) is 4.77. The first-order chi connectivity index (χ1) is 9.92. The minimum atomic E-state index is -3.52. The topological polar surface area (TPSA) is 101 Å². The first kappa shape index (κ1) is 15.9. The lowest BCUT2D eigenvalue weighted by Gasteiger charge is -2.12. The molecule has 2 rings (SSSR count). The second kappa shape index (κ2) is 6.55. The number of amides is 1. The molecule has 1 aromatic rings. The summed E-state index contributed by atoms with van der Waals surface area (Å²) < 4.78 is 26.8. The average molecular weight is 311 g/mol. The van der Waals surface area contributed by atoms with E-state index in [1.165, 1.54) is 12.1 Å². The van der Waals surface area contributed by atoms with Crippen LogP contribution in [0.5, 0.6) is 0 Å². The van der Waals surface area contributed by atoms with Crippen molar-refractivity contribution in [1.29, 1.82) is 0 Å². The van der Waals surface area contributed by atoms with E-state index < -0.39 is 16.1 Å². The van der Waals surface area contributed by atoms with Crippen LogP contribution in [0.1, 0.15) is 32.6 Å². The standard InChI is InChI=1S/C14H21N3O3S/c1-2-4-13(15)14(18)16-11-5-3-6-12(9-11)21(19,20)17-10-7-8-10/h3,5-6,9-10,13,17H,2,4,7-8,15H2,1H3,(H,16,18)/t13-/m0/s1. The molecule has 1 atom stereocenters. The van der Waals surface area contributed by atoms with E-state index in [4.69, 9.17) is 5.73 Å². The third kappa shape index (κ3) is 4.52. The maximum absolute atomic E-state index is 12.1. The maximum Gasteiger partial charge on any atom is 0.241 e. The zero-order chi connectivity index (χ0) is 15.5. The van der Waals surface area contributed by atoms with E-state index in [1.54, 1.807) is 12.1 Å². The fourth-order valence-electron chi connectivity index (χ4n) is 1.91. The lowest BCUT2D eigenvalue weighted by atomic mass is 10.1. The Morgan fingerprint density at radius 1 is 1.43 bits per heavy atom. The Kier molecular flexibility index (Phi) is 4.97. The van der Waals surface area contributed by atoms with E-state index in [0.29, 0.717) is 12.1 Å². The molecule has 1 aliphatic rings. The summed E-state index contributed by atoms with van der Waals surface area (Å²) in [6, 6.07) is 5.66. The van der Waals surface area contributed by atoms with Crippen LogP contribution in [0.4, 0.5) is 5.69 Å². The zero-order valence-corrected chi connectivity index (χ0v) is 12.8. The Hall–Kier alpha value is -1.44. The van der Waals surface area contributed by atoms with Gasteiger partial charge in [0.1, 0.15) is 0 Å². The molecule has 0 bridgehead atoms. The third-order valence-electron chi connectivity index (χ3n) is 3.25. The van der Waals surface area contributed by atoms with Gasteiger partial charge in [0.25, 0.3) is 0 Å². The molecule has 7 heteroatoms. The lowest BCUT2D eigenvalue weighted by Crippen LogP contribution is -2.35. The number of nitrogens with one attached hydrogen (secondary N) is 2. The van der Waals surface area contributed by atoms with Gasteiger partial charge in [-0.15, -0.1) is 0 Å². The van der Waals surface area contributed by atoms with E-state index in [9.17, 15) is 13.2 Å². The van der Waals surface area contributed by atoms with E-state index >= 15 is 0 Å². The van der Waals surface area contributed by atoms with E-state index in [-0.39, 0.29) is 16.8 Å². The van der Waals surface area contributed by atoms with Crippen LogP contribution in [0, 0.1) is 0 Å². The predicted molar refractivity (Wildman–Crippen MR) is 81.3 cm³/mol. The largest absolute Gasteiger partial charge is 0.325 e. The molecule has 1 saturated carbocycles. The Bertz CT molecular complexity index is 612. The van der Waals surface area contributed by atoms with Crippen molar-refractivity contribution < 1.29 is 13.2 Å². The number of sulfonamides is 1. The lowest BCUT2D eigenvalue weighted by molar-refractivity contribution is -0.117. The highest BCUT2D eigenvalue weighted by Crippen LogP contribution is 2.23. The second-order valence-corrected chi connectivity index (χ2v) is 7.02. The van der Waals surface area contributed by atoms with Gasteiger partial charge in [-0.25, -0.2) is 13.1 Å².